The molecule has 18 heavy (non-hydrogen) atoms. The van der Waals surface area contributed by atoms with E-state index in [4.69, 9.17) is 16.1 Å². The van der Waals surface area contributed by atoms with Crippen molar-refractivity contribution >= 4 is 11.6 Å². The molecule has 1 atom stereocenters. The molecule has 0 radical (unpaired) electrons. The Morgan fingerprint density at radius 1 is 1.44 bits per heavy atom. The molecule has 2 aromatic rings. The van der Waals surface area contributed by atoms with Crippen molar-refractivity contribution < 1.29 is 8.91 Å². The molecule has 0 aliphatic heterocycles. The molecular formula is C13H14ClFN2O. The topological polar surface area (TPSA) is 38.9 Å². The molecule has 0 N–H and O–H groups in total. The fourth-order valence-electron chi connectivity index (χ4n) is 1.64. The van der Waals surface area contributed by atoms with Crippen LogP contribution in [0.15, 0.2) is 22.7 Å². The predicted molar refractivity (Wildman–Crippen MR) is 67.9 cm³/mol. The summed E-state index contributed by atoms with van der Waals surface area (Å²) in [6.07, 6.45) is 1.75. The molecule has 0 spiro atoms. The van der Waals surface area contributed by atoms with E-state index in [0.29, 0.717) is 22.8 Å². The van der Waals surface area contributed by atoms with Crippen LogP contribution in [0.3, 0.4) is 0 Å². The minimum Gasteiger partial charge on any atom is -0.334 e. The third kappa shape index (κ3) is 2.70. The van der Waals surface area contributed by atoms with Crippen LogP contribution in [0.4, 0.5) is 4.39 Å². The smallest absolute Gasteiger partial charge is 0.257 e. The standard InChI is InChI=1S/C13H14ClFN2O/c1-3-4-10(14)12-16-13(18-17-12)9-5-6-11(15)8(2)7-9/h5-7,10H,3-4H2,1-2H3. The van der Waals surface area contributed by atoms with Crippen molar-refractivity contribution in [1.82, 2.24) is 10.1 Å². The Balaban J connectivity index is 2.26. The quantitative estimate of drug-likeness (QED) is 0.778. The van der Waals surface area contributed by atoms with E-state index >= 15 is 0 Å². The molecule has 0 aliphatic rings. The molecule has 0 saturated heterocycles. The zero-order valence-electron chi connectivity index (χ0n) is 10.3. The Labute approximate surface area is 110 Å². The lowest BCUT2D eigenvalue weighted by molar-refractivity contribution is 0.420. The Bertz CT molecular complexity index is 542. The molecule has 1 heterocycles. The highest BCUT2D eigenvalue weighted by atomic mass is 35.5. The van der Waals surface area contributed by atoms with E-state index in [1.54, 1.807) is 19.1 Å². The van der Waals surface area contributed by atoms with Crippen molar-refractivity contribution in [3.8, 4) is 11.5 Å². The molecule has 0 fully saturated rings. The van der Waals surface area contributed by atoms with Gasteiger partial charge >= 0.3 is 0 Å². The largest absolute Gasteiger partial charge is 0.334 e. The molecule has 0 aliphatic carbocycles. The normalized spacial score (nSPS) is 12.7. The maximum atomic E-state index is 13.2. The van der Waals surface area contributed by atoms with Crippen LogP contribution < -0.4 is 0 Å². The third-order valence-corrected chi connectivity index (χ3v) is 3.08. The van der Waals surface area contributed by atoms with Gasteiger partial charge in [-0.1, -0.05) is 18.5 Å². The summed E-state index contributed by atoms with van der Waals surface area (Å²) >= 11 is 6.12. The van der Waals surface area contributed by atoms with Crippen LogP contribution in [0, 0.1) is 12.7 Å². The Morgan fingerprint density at radius 2 is 2.22 bits per heavy atom. The Kier molecular flexibility index (Phi) is 3.97. The Hall–Kier alpha value is -1.42. The van der Waals surface area contributed by atoms with Crippen molar-refractivity contribution in [2.24, 2.45) is 0 Å². The summed E-state index contributed by atoms with van der Waals surface area (Å²) in [6.45, 7) is 3.73. The van der Waals surface area contributed by atoms with E-state index in [1.165, 1.54) is 6.07 Å². The van der Waals surface area contributed by atoms with Gasteiger partial charge < -0.3 is 4.52 Å². The predicted octanol–water partition coefficient (Wildman–Crippen LogP) is 4.26. The number of aromatic nitrogens is 2. The summed E-state index contributed by atoms with van der Waals surface area (Å²) in [5, 5.41) is 3.61. The van der Waals surface area contributed by atoms with E-state index in [0.717, 1.165) is 12.8 Å². The van der Waals surface area contributed by atoms with Crippen LogP contribution in [0.25, 0.3) is 11.5 Å². The van der Waals surface area contributed by atoms with Crippen LogP contribution in [-0.4, -0.2) is 10.1 Å². The molecule has 1 aromatic carbocycles. The Morgan fingerprint density at radius 3 is 2.89 bits per heavy atom. The second-order valence-corrected chi connectivity index (χ2v) is 4.70. The zero-order chi connectivity index (χ0) is 13.1. The first-order valence-corrected chi connectivity index (χ1v) is 6.29. The lowest BCUT2D eigenvalue weighted by Gasteiger charge is -2.00. The number of benzene rings is 1. The van der Waals surface area contributed by atoms with Gasteiger partial charge in [0.2, 0.25) is 0 Å². The fourth-order valence-corrected chi connectivity index (χ4v) is 1.95. The van der Waals surface area contributed by atoms with E-state index in [-0.39, 0.29) is 11.2 Å². The van der Waals surface area contributed by atoms with Gasteiger partial charge in [0.05, 0.1) is 5.38 Å². The average Bonchev–Trinajstić information content (AvgIpc) is 2.82. The van der Waals surface area contributed by atoms with Crippen LogP contribution >= 0.6 is 11.6 Å². The van der Waals surface area contributed by atoms with Gasteiger partial charge in [0.1, 0.15) is 5.82 Å². The minimum absolute atomic E-state index is 0.242. The summed E-state index contributed by atoms with van der Waals surface area (Å²) in [5.74, 6) is 0.602. The SMILES string of the molecule is CCCC(Cl)c1noc(-c2ccc(F)c(C)c2)n1. The van der Waals surface area contributed by atoms with E-state index in [9.17, 15) is 4.39 Å². The highest BCUT2D eigenvalue weighted by Gasteiger charge is 2.16. The molecule has 0 bridgehead atoms. The van der Waals surface area contributed by atoms with Crippen molar-refractivity contribution in [3.05, 3.63) is 35.4 Å². The molecule has 1 unspecified atom stereocenters. The van der Waals surface area contributed by atoms with Gasteiger partial charge in [-0.15, -0.1) is 11.6 Å². The lowest BCUT2D eigenvalue weighted by Crippen LogP contribution is -1.92. The summed E-state index contributed by atoms with van der Waals surface area (Å²) < 4.78 is 18.3. The van der Waals surface area contributed by atoms with Crippen molar-refractivity contribution in [2.45, 2.75) is 32.1 Å². The van der Waals surface area contributed by atoms with Gasteiger partial charge in [-0.05, 0) is 37.1 Å². The molecule has 96 valence electrons. The van der Waals surface area contributed by atoms with E-state index in [2.05, 4.69) is 10.1 Å². The van der Waals surface area contributed by atoms with Gasteiger partial charge in [-0.2, -0.15) is 4.98 Å². The first kappa shape index (κ1) is 13.0. The number of alkyl halides is 1. The van der Waals surface area contributed by atoms with Crippen molar-refractivity contribution in [3.63, 3.8) is 0 Å². The molecule has 0 saturated carbocycles. The first-order valence-electron chi connectivity index (χ1n) is 5.86. The lowest BCUT2D eigenvalue weighted by atomic mass is 10.1. The number of rotatable bonds is 4. The summed E-state index contributed by atoms with van der Waals surface area (Å²) in [4.78, 5) is 4.24. The van der Waals surface area contributed by atoms with Crippen molar-refractivity contribution in [2.75, 3.05) is 0 Å². The van der Waals surface area contributed by atoms with Gasteiger partial charge in [0.25, 0.3) is 5.89 Å². The van der Waals surface area contributed by atoms with Crippen LogP contribution in [0.5, 0.6) is 0 Å². The van der Waals surface area contributed by atoms with Gasteiger partial charge in [-0.3, -0.25) is 0 Å². The monoisotopic (exact) mass is 268 g/mol. The maximum Gasteiger partial charge on any atom is 0.257 e. The second kappa shape index (κ2) is 5.48. The summed E-state index contributed by atoms with van der Waals surface area (Å²) in [7, 11) is 0. The number of nitrogens with zero attached hydrogens (tertiary/aromatic N) is 2. The van der Waals surface area contributed by atoms with Crippen LogP contribution in [-0.2, 0) is 0 Å². The van der Waals surface area contributed by atoms with E-state index in [1.807, 2.05) is 6.92 Å². The number of halogens is 2. The highest BCUT2D eigenvalue weighted by molar-refractivity contribution is 6.20. The number of hydrogen-bond donors (Lipinski definition) is 0. The first-order chi connectivity index (χ1) is 8.61. The second-order valence-electron chi connectivity index (χ2n) is 4.18. The van der Waals surface area contributed by atoms with Gasteiger partial charge in [0, 0.05) is 5.56 Å². The fraction of sp³-hybridized carbons (Fsp3) is 0.385. The van der Waals surface area contributed by atoms with Gasteiger partial charge in [0.15, 0.2) is 5.82 Å². The van der Waals surface area contributed by atoms with Crippen molar-refractivity contribution in [1.29, 1.82) is 0 Å². The minimum atomic E-state index is -0.250. The summed E-state index contributed by atoms with van der Waals surface area (Å²) in [6, 6.07) is 4.68. The van der Waals surface area contributed by atoms with Gasteiger partial charge in [-0.25, -0.2) is 4.39 Å². The molecule has 2 rings (SSSR count). The molecule has 0 amide bonds. The highest BCUT2D eigenvalue weighted by Crippen LogP contribution is 2.26. The maximum absolute atomic E-state index is 13.2. The van der Waals surface area contributed by atoms with E-state index < -0.39 is 0 Å². The molecule has 3 nitrogen and oxygen atoms in total. The zero-order valence-corrected chi connectivity index (χ0v) is 11.0. The van der Waals surface area contributed by atoms with Crippen LogP contribution in [0.2, 0.25) is 0 Å². The average molecular weight is 269 g/mol. The summed E-state index contributed by atoms with van der Waals surface area (Å²) in [5.41, 5.74) is 1.25. The number of hydrogen-bond acceptors (Lipinski definition) is 3. The van der Waals surface area contributed by atoms with Crippen LogP contribution in [0.1, 0.15) is 36.5 Å². The molecular weight excluding hydrogens is 255 g/mol. The molecule has 1 aromatic heterocycles. The third-order valence-electron chi connectivity index (χ3n) is 2.67. The number of aryl methyl sites for hydroxylation is 1. The molecule has 5 heteroatoms.